The van der Waals surface area contributed by atoms with Crippen LogP contribution in [0.5, 0.6) is 0 Å². The summed E-state index contributed by atoms with van der Waals surface area (Å²) in [4.78, 5) is 32.0. The second-order valence-corrected chi connectivity index (χ2v) is 12.4. The van der Waals surface area contributed by atoms with Crippen LogP contribution in [0.2, 0.25) is 5.02 Å². The molecule has 1 aliphatic carbocycles. The number of aromatic nitrogens is 4. The first-order valence-corrected chi connectivity index (χ1v) is 13.8. The number of nitrogens with one attached hydrogen (secondary N) is 1. The van der Waals surface area contributed by atoms with Gasteiger partial charge in [-0.15, -0.1) is 0 Å². The molecule has 2 saturated heterocycles. The Morgan fingerprint density at radius 1 is 1.13 bits per heavy atom. The maximum absolute atomic E-state index is 15.8. The van der Waals surface area contributed by atoms with Gasteiger partial charge in [-0.05, 0) is 67.6 Å². The zero-order valence-electron chi connectivity index (χ0n) is 22.2. The van der Waals surface area contributed by atoms with E-state index in [2.05, 4.69) is 15.4 Å². The number of piperidine rings is 2. The Labute approximate surface area is 230 Å². The molecule has 39 heavy (non-hydrogen) atoms. The summed E-state index contributed by atoms with van der Waals surface area (Å²) >= 11 is 6.56. The van der Waals surface area contributed by atoms with E-state index in [0.29, 0.717) is 36.6 Å². The van der Waals surface area contributed by atoms with Crippen molar-refractivity contribution in [1.29, 1.82) is 0 Å². The number of aryl methyl sites for hydroxylation is 1. The second-order valence-electron chi connectivity index (χ2n) is 12.0. The minimum absolute atomic E-state index is 0.0941. The van der Waals surface area contributed by atoms with Gasteiger partial charge in [0.1, 0.15) is 17.7 Å². The molecule has 0 spiro atoms. The number of carbonyl (C=O) groups is 2. The van der Waals surface area contributed by atoms with Crippen LogP contribution in [0.3, 0.4) is 0 Å². The van der Waals surface area contributed by atoms with Crippen LogP contribution in [-0.4, -0.2) is 54.6 Å². The maximum Gasteiger partial charge on any atom is 0.233 e. The first-order valence-electron chi connectivity index (χ1n) is 13.4. The molecule has 8 nitrogen and oxygen atoms in total. The zero-order valence-corrected chi connectivity index (χ0v) is 22.9. The van der Waals surface area contributed by atoms with Crippen LogP contribution in [0.4, 0.5) is 4.39 Å². The van der Waals surface area contributed by atoms with E-state index in [1.165, 1.54) is 11.2 Å². The lowest BCUT2D eigenvalue weighted by Crippen LogP contribution is -2.41. The number of amides is 2. The van der Waals surface area contributed by atoms with Crippen molar-refractivity contribution in [3.05, 3.63) is 53.1 Å². The average Bonchev–Trinajstić information content (AvgIpc) is 3.15. The molecule has 5 heterocycles. The van der Waals surface area contributed by atoms with Crippen LogP contribution in [-0.2, 0) is 22.7 Å². The number of benzene rings is 1. The third kappa shape index (κ3) is 3.66. The molecule has 0 bridgehead atoms. The quantitative estimate of drug-likeness (QED) is 0.370. The molecule has 1 aromatic carbocycles. The Hall–Kier alpha value is -3.30. The largest absolute Gasteiger partial charge is 0.344 e. The van der Waals surface area contributed by atoms with Gasteiger partial charge in [0, 0.05) is 28.4 Å². The molecule has 10 heteroatoms. The van der Waals surface area contributed by atoms with Gasteiger partial charge in [0.2, 0.25) is 11.8 Å². The van der Waals surface area contributed by atoms with E-state index in [4.69, 9.17) is 11.6 Å². The van der Waals surface area contributed by atoms with E-state index in [-0.39, 0.29) is 42.2 Å². The molecule has 2 atom stereocenters. The molecule has 7 rings (SSSR count). The van der Waals surface area contributed by atoms with Gasteiger partial charge in [-0.1, -0.05) is 25.4 Å². The molecule has 3 fully saturated rings. The molecule has 202 valence electrons. The van der Waals surface area contributed by atoms with E-state index < -0.39 is 5.67 Å². The summed E-state index contributed by atoms with van der Waals surface area (Å²) in [6, 6.07) is 5.71. The fraction of sp³-hybridized carbons (Fsp3) is 0.448. The van der Waals surface area contributed by atoms with Crippen LogP contribution in [0.25, 0.3) is 27.7 Å². The number of carbonyl (C=O) groups excluding carboxylic acids is 2. The SMILES string of the molecule is Cc1c(CN2C(=O)C3C(C2=O)C3(C)C)cn2ncnc(-c3cc(Cl)cc4ccn(CC5(F)CCNCC5)c34)c12. The second kappa shape index (κ2) is 8.35. The molecule has 1 N–H and O–H groups in total. The standard InChI is InChI=1S/C29H30ClFN6O2/c1-16-18(12-36-26(38)21-22(27(36)39)28(21,2)3)13-37-24(16)23(33-15-34-37)20-11-19(30)10-17-4-9-35(25(17)20)14-29(31)5-7-32-8-6-29/h4,9-11,13,15,21-22,32H,5-8,12,14H2,1-3H3. The lowest BCUT2D eigenvalue weighted by atomic mass is 9.94. The van der Waals surface area contributed by atoms with Gasteiger partial charge < -0.3 is 9.88 Å². The minimum Gasteiger partial charge on any atom is -0.344 e. The number of hydrogen-bond acceptors (Lipinski definition) is 5. The van der Waals surface area contributed by atoms with E-state index in [9.17, 15) is 9.59 Å². The summed E-state index contributed by atoms with van der Waals surface area (Å²) < 4.78 is 19.5. The molecular weight excluding hydrogens is 519 g/mol. The highest BCUT2D eigenvalue weighted by molar-refractivity contribution is 6.32. The normalized spacial score (nSPS) is 23.7. The van der Waals surface area contributed by atoms with Gasteiger partial charge in [0.25, 0.3) is 0 Å². The summed E-state index contributed by atoms with van der Waals surface area (Å²) in [7, 11) is 0. The van der Waals surface area contributed by atoms with E-state index >= 15 is 4.39 Å². The van der Waals surface area contributed by atoms with Crippen molar-refractivity contribution in [2.75, 3.05) is 13.1 Å². The van der Waals surface area contributed by atoms with Crippen LogP contribution in [0.15, 0.2) is 36.9 Å². The smallest absolute Gasteiger partial charge is 0.233 e. The van der Waals surface area contributed by atoms with Crippen molar-refractivity contribution in [1.82, 2.24) is 29.4 Å². The van der Waals surface area contributed by atoms with Crippen molar-refractivity contribution in [2.24, 2.45) is 17.3 Å². The zero-order chi connectivity index (χ0) is 27.3. The number of fused-ring (bicyclic) bond motifs is 3. The van der Waals surface area contributed by atoms with Crippen molar-refractivity contribution in [3.8, 4) is 11.3 Å². The molecule has 2 aliphatic heterocycles. The van der Waals surface area contributed by atoms with Crippen LogP contribution >= 0.6 is 11.6 Å². The summed E-state index contributed by atoms with van der Waals surface area (Å²) in [6.45, 7) is 7.69. The molecular formula is C29H30ClFN6O2. The molecule has 2 amide bonds. The van der Waals surface area contributed by atoms with Crippen molar-refractivity contribution in [2.45, 2.75) is 52.4 Å². The van der Waals surface area contributed by atoms with Gasteiger partial charge in [-0.2, -0.15) is 5.10 Å². The molecule has 1 saturated carbocycles. The molecule has 0 radical (unpaired) electrons. The number of hydrogen-bond donors (Lipinski definition) is 1. The van der Waals surface area contributed by atoms with Crippen molar-refractivity contribution < 1.29 is 14.0 Å². The first kappa shape index (κ1) is 24.7. The van der Waals surface area contributed by atoms with E-state index in [0.717, 1.165) is 33.1 Å². The van der Waals surface area contributed by atoms with Gasteiger partial charge in [-0.3, -0.25) is 14.5 Å². The van der Waals surface area contributed by atoms with Gasteiger partial charge >= 0.3 is 0 Å². The number of rotatable bonds is 5. The van der Waals surface area contributed by atoms with Crippen LogP contribution in [0.1, 0.15) is 37.8 Å². The van der Waals surface area contributed by atoms with Gasteiger partial charge in [0.15, 0.2) is 0 Å². The fourth-order valence-electron chi connectivity index (χ4n) is 6.86. The minimum atomic E-state index is -1.29. The molecule has 4 aromatic rings. The Kier molecular flexibility index (Phi) is 5.29. The predicted octanol–water partition coefficient (Wildman–Crippen LogP) is 4.55. The van der Waals surface area contributed by atoms with Crippen molar-refractivity contribution in [3.63, 3.8) is 0 Å². The van der Waals surface area contributed by atoms with E-state index in [1.54, 1.807) is 4.52 Å². The summed E-state index contributed by atoms with van der Waals surface area (Å²) in [6.07, 6.45) is 6.18. The highest BCUT2D eigenvalue weighted by Gasteiger charge is 2.72. The Bertz CT molecular complexity index is 1660. The van der Waals surface area contributed by atoms with E-state index in [1.807, 2.05) is 55.9 Å². The summed E-state index contributed by atoms with van der Waals surface area (Å²) in [5.74, 6) is -0.625. The third-order valence-electron chi connectivity index (χ3n) is 9.19. The summed E-state index contributed by atoms with van der Waals surface area (Å²) in [5, 5.41) is 9.14. The molecule has 3 aromatic heterocycles. The highest BCUT2D eigenvalue weighted by Crippen LogP contribution is 2.63. The molecule has 2 unspecified atom stereocenters. The van der Waals surface area contributed by atoms with Crippen LogP contribution < -0.4 is 5.32 Å². The predicted molar refractivity (Wildman–Crippen MR) is 146 cm³/mol. The Morgan fingerprint density at radius 3 is 2.56 bits per heavy atom. The monoisotopic (exact) mass is 548 g/mol. The number of alkyl halides is 1. The van der Waals surface area contributed by atoms with Gasteiger partial charge in [-0.25, -0.2) is 13.9 Å². The fourth-order valence-corrected chi connectivity index (χ4v) is 7.09. The van der Waals surface area contributed by atoms with Crippen LogP contribution in [0, 0.1) is 24.2 Å². The average molecular weight is 549 g/mol. The summed E-state index contributed by atoms with van der Waals surface area (Å²) in [5.41, 5.74) is 3.27. The topological polar surface area (TPSA) is 84.5 Å². The van der Waals surface area contributed by atoms with Crippen molar-refractivity contribution >= 4 is 39.8 Å². The Morgan fingerprint density at radius 2 is 1.85 bits per heavy atom. The number of halogens is 2. The number of nitrogens with zero attached hydrogens (tertiary/aromatic N) is 5. The first-order chi connectivity index (χ1) is 18.6. The highest BCUT2D eigenvalue weighted by atomic mass is 35.5. The lowest BCUT2D eigenvalue weighted by molar-refractivity contribution is -0.143. The molecule has 3 aliphatic rings. The lowest BCUT2D eigenvalue weighted by Gasteiger charge is -2.30. The van der Waals surface area contributed by atoms with Gasteiger partial charge in [0.05, 0.1) is 36.0 Å². The number of likely N-dealkylation sites (tertiary alicyclic amines) is 1. The Balaban J connectivity index is 1.31. The third-order valence-corrected chi connectivity index (χ3v) is 9.40. The maximum atomic E-state index is 15.8. The number of imide groups is 1.